The van der Waals surface area contributed by atoms with Crippen molar-refractivity contribution in [2.75, 3.05) is 31.7 Å². The molecule has 5 aromatic rings. The largest absolute Gasteiger partial charge is 0.491 e. The molecule has 1 spiro atoms. The first-order chi connectivity index (χ1) is 28.4. The van der Waals surface area contributed by atoms with Crippen LogP contribution in [0.3, 0.4) is 0 Å². The first-order valence-corrected chi connectivity index (χ1v) is 19.3. The number of esters is 1. The number of rotatable bonds is 11. The topological polar surface area (TPSA) is 158 Å². The number of anilines is 1. The number of benzene rings is 5. The van der Waals surface area contributed by atoms with Crippen LogP contribution in [0.1, 0.15) is 64.1 Å². The predicted molar refractivity (Wildman–Crippen MR) is 215 cm³/mol. The van der Waals surface area contributed by atoms with Crippen molar-refractivity contribution in [1.82, 2.24) is 10.2 Å². The first-order valence-electron chi connectivity index (χ1n) is 19.3. The Morgan fingerprint density at radius 1 is 0.828 bits per heavy atom. The van der Waals surface area contributed by atoms with Gasteiger partial charge in [-0.3, -0.25) is 19.3 Å². The molecular weight excluding hydrogens is 735 g/mol. The fourth-order valence-corrected chi connectivity index (χ4v) is 8.90. The molecule has 5 N–H and O–H groups in total. The molecule has 7 unspecified atom stereocenters. The van der Waals surface area contributed by atoms with Gasteiger partial charge < -0.3 is 35.4 Å². The van der Waals surface area contributed by atoms with Crippen LogP contribution in [0.2, 0.25) is 0 Å². The lowest BCUT2D eigenvalue weighted by molar-refractivity contribution is -0.178. The lowest BCUT2D eigenvalue weighted by Crippen LogP contribution is -2.55. The van der Waals surface area contributed by atoms with Gasteiger partial charge in [-0.1, -0.05) is 115 Å². The standard InChI is InChI=1S/C47H43N3O8/c51-25-11-10-12-30-19-24-37-36(28-30)47(46(56)49-37)39(44(54)48-29-38(53)31-13-4-1-5-14-31)41-45(55)58-42(33-17-8-3-9-18-33)40(32-15-6-2-7-16-32)50(41)43(47)34-20-22-35(23-21-34)57-27-26-52/h1-9,13-24,28,38-43,51-53H,11,25-27,29H2,(H,48,54)(H,49,56). The van der Waals surface area contributed by atoms with Crippen molar-refractivity contribution in [2.45, 2.75) is 42.2 Å². The summed E-state index contributed by atoms with van der Waals surface area (Å²) in [5, 5.41) is 36.1. The number of carbonyl (C=O) groups is 3. The average Bonchev–Trinajstić information content (AvgIpc) is 3.74. The van der Waals surface area contributed by atoms with Crippen LogP contribution < -0.4 is 15.4 Å². The van der Waals surface area contributed by atoms with Gasteiger partial charge >= 0.3 is 5.97 Å². The molecule has 58 heavy (non-hydrogen) atoms. The lowest BCUT2D eigenvalue weighted by atomic mass is 9.65. The minimum Gasteiger partial charge on any atom is -0.491 e. The van der Waals surface area contributed by atoms with Crippen LogP contribution in [-0.2, 0) is 24.5 Å². The first kappa shape index (κ1) is 38.6. The third kappa shape index (κ3) is 6.90. The summed E-state index contributed by atoms with van der Waals surface area (Å²) >= 11 is 0. The van der Waals surface area contributed by atoms with Gasteiger partial charge in [-0.15, -0.1) is 0 Å². The zero-order valence-electron chi connectivity index (χ0n) is 31.5. The molecule has 11 nitrogen and oxygen atoms in total. The highest BCUT2D eigenvalue weighted by Crippen LogP contribution is 2.64. The van der Waals surface area contributed by atoms with Gasteiger partial charge in [0.1, 0.15) is 29.9 Å². The van der Waals surface area contributed by atoms with E-state index in [0.717, 1.165) is 11.1 Å². The second kappa shape index (κ2) is 16.7. The van der Waals surface area contributed by atoms with Gasteiger partial charge in [-0.05, 0) is 58.1 Å². The Balaban J connectivity index is 1.38. The van der Waals surface area contributed by atoms with Gasteiger partial charge in [-0.25, -0.2) is 0 Å². The number of nitrogens with zero attached hydrogens (tertiary/aromatic N) is 1. The van der Waals surface area contributed by atoms with E-state index in [9.17, 15) is 20.1 Å². The number of fused-ring (bicyclic) bond motifs is 3. The number of amides is 2. The van der Waals surface area contributed by atoms with E-state index in [2.05, 4.69) is 22.5 Å². The maximum absolute atomic E-state index is 15.3. The molecule has 2 fully saturated rings. The molecule has 7 atom stereocenters. The molecule has 3 heterocycles. The molecule has 0 radical (unpaired) electrons. The smallest absolute Gasteiger partial charge is 0.324 e. The van der Waals surface area contributed by atoms with Crippen molar-refractivity contribution in [1.29, 1.82) is 0 Å². The highest BCUT2D eigenvalue weighted by atomic mass is 16.6. The third-order valence-electron chi connectivity index (χ3n) is 11.3. The Labute approximate surface area is 336 Å². The van der Waals surface area contributed by atoms with E-state index >= 15 is 9.59 Å². The third-order valence-corrected chi connectivity index (χ3v) is 11.3. The minimum absolute atomic E-state index is 0.0779. The van der Waals surface area contributed by atoms with Gasteiger partial charge in [0.15, 0.2) is 0 Å². The number of ether oxygens (including phenoxy) is 2. The zero-order chi connectivity index (χ0) is 40.2. The molecule has 2 saturated heterocycles. The Morgan fingerprint density at radius 3 is 2.17 bits per heavy atom. The monoisotopic (exact) mass is 777 g/mol. The van der Waals surface area contributed by atoms with Crippen molar-refractivity contribution in [3.63, 3.8) is 0 Å². The molecule has 0 aromatic heterocycles. The highest BCUT2D eigenvalue weighted by molar-refractivity contribution is 6.12. The predicted octanol–water partition coefficient (Wildman–Crippen LogP) is 4.91. The number of cyclic esters (lactones) is 1. The van der Waals surface area contributed by atoms with Gasteiger partial charge in [0, 0.05) is 24.2 Å². The molecule has 0 saturated carbocycles. The van der Waals surface area contributed by atoms with E-state index in [1.165, 1.54) is 0 Å². The SMILES string of the molecule is O=C1OC(c2ccccc2)C(c2ccccc2)N2C1C(C(=O)NCC(O)c1ccccc1)C1(C(=O)Nc3ccc(C#CCCO)cc31)C2c1ccc(OCCO)cc1. The fraction of sp³-hybridized carbons (Fsp3) is 0.255. The van der Waals surface area contributed by atoms with E-state index in [0.29, 0.717) is 33.7 Å². The summed E-state index contributed by atoms with van der Waals surface area (Å²) in [7, 11) is 0. The summed E-state index contributed by atoms with van der Waals surface area (Å²) < 4.78 is 12.2. The van der Waals surface area contributed by atoms with Crippen molar-refractivity contribution in [2.24, 2.45) is 5.92 Å². The molecule has 2 amide bonds. The molecule has 5 aromatic carbocycles. The Morgan fingerprint density at radius 2 is 1.50 bits per heavy atom. The molecule has 0 aliphatic carbocycles. The zero-order valence-corrected chi connectivity index (χ0v) is 31.5. The maximum atomic E-state index is 15.3. The van der Waals surface area contributed by atoms with E-state index in [-0.39, 0.29) is 32.8 Å². The highest BCUT2D eigenvalue weighted by Gasteiger charge is 2.74. The summed E-state index contributed by atoms with van der Waals surface area (Å²) in [4.78, 5) is 47.4. The van der Waals surface area contributed by atoms with Crippen LogP contribution in [0.4, 0.5) is 5.69 Å². The molecule has 0 bridgehead atoms. The normalized spacial score (nSPS) is 23.8. The summed E-state index contributed by atoms with van der Waals surface area (Å²) in [6.45, 7) is -0.411. The van der Waals surface area contributed by atoms with Crippen LogP contribution in [0.25, 0.3) is 0 Å². The molecular formula is C47H43N3O8. The fourth-order valence-electron chi connectivity index (χ4n) is 8.90. The van der Waals surface area contributed by atoms with Crippen molar-refractivity contribution < 1.29 is 39.2 Å². The second-order valence-corrected chi connectivity index (χ2v) is 14.6. The molecule has 3 aliphatic rings. The number of carbonyl (C=O) groups excluding carboxylic acids is 3. The number of hydrogen-bond donors (Lipinski definition) is 5. The van der Waals surface area contributed by atoms with Crippen LogP contribution in [0, 0.1) is 17.8 Å². The van der Waals surface area contributed by atoms with Crippen LogP contribution in [0.5, 0.6) is 5.75 Å². The van der Waals surface area contributed by atoms with Crippen LogP contribution >= 0.6 is 0 Å². The Kier molecular flexibility index (Phi) is 11.1. The molecule has 294 valence electrons. The molecule has 11 heteroatoms. The van der Waals surface area contributed by atoms with Gasteiger partial charge in [0.25, 0.3) is 0 Å². The van der Waals surface area contributed by atoms with Crippen LogP contribution in [-0.4, -0.2) is 70.4 Å². The van der Waals surface area contributed by atoms with Gasteiger partial charge in [0.05, 0.1) is 37.3 Å². The van der Waals surface area contributed by atoms with Crippen LogP contribution in [0.15, 0.2) is 133 Å². The maximum Gasteiger partial charge on any atom is 0.324 e. The number of aliphatic hydroxyl groups is 3. The minimum atomic E-state index is -1.75. The summed E-state index contributed by atoms with van der Waals surface area (Å²) in [5.74, 6) is 3.40. The van der Waals surface area contributed by atoms with E-state index in [4.69, 9.17) is 9.47 Å². The Hall–Kier alpha value is -6.29. The summed E-state index contributed by atoms with van der Waals surface area (Å²) in [5.41, 5.74) is 2.52. The quantitative estimate of drug-likeness (QED) is 0.0929. The van der Waals surface area contributed by atoms with E-state index < -0.39 is 59.5 Å². The van der Waals surface area contributed by atoms with Crippen molar-refractivity contribution in [3.8, 4) is 17.6 Å². The van der Waals surface area contributed by atoms with E-state index in [1.54, 1.807) is 54.6 Å². The lowest BCUT2D eigenvalue weighted by Gasteiger charge is -2.46. The van der Waals surface area contributed by atoms with Crippen molar-refractivity contribution >= 4 is 23.5 Å². The number of nitrogens with one attached hydrogen (secondary N) is 2. The second-order valence-electron chi connectivity index (χ2n) is 14.6. The van der Waals surface area contributed by atoms with E-state index in [1.807, 2.05) is 83.8 Å². The van der Waals surface area contributed by atoms with Crippen molar-refractivity contribution in [3.05, 3.63) is 167 Å². The number of hydrogen-bond acceptors (Lipinski definition) is 9. The van der Waals surface area contributed by atoms with Gasteiger partial charge in [0.2, 0.25) is 11.8 Å². The number of morpholine rings is 1. The molecule has 8 rings (SSSR count). The average molecular weight is 778 g/mol. The summed E-state index contributed by atoms with van der Waals surface area (Å²) in [6, 6.07) is 37.5. The number of aliphatic hydroxyl groups excluding tert-OH is 3. The summed E-state index contributed by atoms with van der Waals surface area (Å²) in [6.07, 6.45) is -1.67. The Bertz CT molecular complexity index is 2330. The van der Waals surface area contributed by atoms with Gasteiger partial charge in [-0.2, -0.15) is 0 Å². The molecule has 3 aliphatic heterocycles.